The van der Waals surface area contributed by atoms with Crippen molar-refractivity contribution in [3.8, 4) is 0 Å². The van der Waals surface area contributed by atoms with E-state index in [0.29, 0.717) is 4.47 Å². The second kappa shape index (κ2) is 7.72. The Kier molecular flexibility index (Phi) is 6.04. The Bertz CT molecular complexity index is 915. The number of carbonyl (C=O) groups excluding carboxylic acids is 1. The standard InChI is InChI=1S/C15H11BrF4N2O3S/c16-13-6-1-9(17)7-12(13)14(23)22-10-2-4-11(5-3-10)26(24,25)21-8-15(18,19)20/h1-7,21H,8H2,(H,22,23). The van der Waals surface area contributed by atoms with Gasteiger partial charge in [0, 0.05) is 10.2 Å². The average Bonchev–Trinajstić information content (AvgIpc) is 2.55. The lowest BCUT2D eigenvalue weighted by Gasteiger charge is -2.10. The van der Waals surface area contributed by atoms with Crippen LogP contribution in [0.5, 0.6) is 0 Å². The van der Waals surface area contributed by atoms with Crippen molar-refractivity contribution < 1.29 is 30.8 Å². The van der Waals surface area contributed by atoms with Crippen LogP contribution in [0.1, 0.15) is 10.4 Å². The second-order valence-electron chi connectivity index (χ2n) is 5.04. The van der Waals surface area contributed by atoms with Gasteiger partial charge in [0.15, 0.2) is 0 Å². The van der Waals surface area contributed by atoms with E-state index >= 15 is 0 Å². The highest BCUT2D eigenvalue weighted by molar-refractivity contribution is 9.10. The first kappa shape index (κ1) is 20.3. The summed E-state index contributed by atoms with van der Waals surface area (Å²) in [6.45, 7) is -1.69. The summed E-state index contributed by atoms with van der Waals surface area (Å²) in [5.41, 5.74) is 0.203. The first-order valence-electron chi connectivity index (χ1n) is 6.91. The van der Waals surface area contributed by atoms with E-state index in [0.717, 1.165) is 24.3 Å². The third-order valence-electron chi connectivity index (χ3n) is 3.06. The number of anilines is 1. The Hall–Kier alpha value is -1.98. The van der Waals surface area contributed by atoms with Gasteiger partial charge in [-0.15, -0.1) is 0 Å². The molecule has 0 aromatic heterocycles. The number of hydrogen-bond acceptors (Lipinski definition) is 3. The van der Waals surface area contributed by atoms with E-state index in [4.69, 9.17) is 0 Å². The zero-order valence-electron chi connectivity index (χ0n) is 12.8. The maximum absolute atomic E-state index is 13.2. The fraction of sp³-hybridized carbons (Fsp3) is 0.133. The molecule has 0 saturated heterocycles. The van der Waals surface area contributed by atoms with Gasteiger partial charge < -0.3 is 5.32 Å². The van der Waals surface area contributed by atoms with Gasteiger partial charge in [-0.2, -0.15) is 13.2 Å². The van der Waals surface area contributed by atoms with Gasteiger partial charge in [-0.3, -0.25) is 4.79 Å². The highest BCUT2D eigenvalue weighted by atomic mass is 79.9. The van der Waals surface area contributed by atoms with Crippen molar-refractivity contribution >= 4 is 37.5 Å². The molecule has 0 spiro atoms. The van der Waals surface area contributed by atoms with E-state index in [-0.39, 0.29) is 11.3 Å². The van der Waals surface area contributed by atoms with Crippen LogP contribution < -0.4 is 10.0 Å². The Morgan fingerprint density at radius 3 is 2.27 bits per heavy atom. The van der Waals surface area contributed by atoms with E-state index in [1.165, 1.54) is 22.9 Å². The molecular weight excluding hydrogens is 444 g/mol. The summed E-state index contributed by atoms with van der Waals surface area (Å²) in [5, 5.41) is 2.43. The number of hydrogen-bond donors (Lipinski definition) is 2. The summed E-state index contributed by atoms with van der Waals surface area (Å²) in [6.07, 6.45) is -4.68. The van der Waals surface area contributed by atoms with Crippen LogP contribution in [0.25, 0.3) is 0 Å². The predicted molar refractivity (Wildman–Crippen MR) is 89.7 cm³/mol. The first-order valence-corrected chi connectivity index (χ1v) is 9.18. The number of benzene rings is 2. The highest BCUT2D eigenvalue weighted by Gasteiger charge is 2.30. The summed E-state index contributed by atoms with van der Waals surface area (Å²) in [5.74, 6) is -1.27. The number of sulfonamides is 1. The molecule has 0 unspecified atom stereocenters. The molecule has 0 fully saturated rings. The minimum absolute atomic E-state index is 0.0218. The number of rotatable bonds is 5. The van der Waals surface area contributed by atoms with Gasteiger partial charge in [-0.1, -0.05) is 0 Å². The summed E-state index contributed by atoms with van der Waals surface area (Å²) in [7, 11) is -4.34. The molecule has 0 aliphatic heterocycles. The van der Waals surface area contributed by atoms with E-state index in [1.54, 1.807) is 0 Å². The van der Waals surface area contributed by atoms with Crippen molar-refractivity contribution in [2.45, 2.75) is 11.1 Å². The molecule has 11 heteroatoms. The topological polar surface area (TPSA) is 75.3 Å². The van der Waals surface area contributed by atoms with Crippen molar-refractivity contribution in [3.05, 3.63) is 58.3 Å². The van der Waals surface area contributed by atoms with Crippen LogP contribution in [0, 0.1) is 5.82 Å². The quantitative estimate of drug-likeness (QED) is 0.676. The molecule has 0 aliphatic carbocycles. The zero-order valence-corrected chi connectivity index (χ0v) is 15.2. The predicted octanol–water partition coefficient (Wildman–Crippen LogP) is 3.68. The van der Waals surface area contributed by atoms with Crippen LogP contribution in [0.2, 0.25) is 0 Å². The molecule has 26 heavy (non-hydrogen) atoms. The van der Waals surface area contributed by atoms with Crippen molar-refractivity contribution in [2.75, 3.05) is 11.9 Å². The number of alkyl halides is 3. The minimum atomic E-state index is -4.68. The van der Waals surface area contributed by atoms with E-state index in [2.05, 4.69) is 21.2 Å². The average molecular weight is 455 g/mol. The molecular formula is C15H11BrF4N2O3S. The number of nitrogens with one attached hydrogen (secondary N) is 2. The molecule has 1 amide bonds. The fourth-order valence-electron chi connectivity index (χ4n) is 1.85. The van der Waals surface area contributed by atoms with Gasteiger partial charge in [0.1, 0.15) is 12.4 Å². The highest BCUT2D eigenvalue weighted by Crippen LogP contribution is 2.21. The Morgan fingerprint density at radius 2 is 1.69 bits per heavy atom. The molecule has 2 aromatic rings. The molecule has 5 nitrogen and oxygen atoms in total. The van der Waals surface area contributed by atoms with Crippen molar-refractivity contribution in [3.63, 3.8) is 0 Å². The molecule has 0 saturated carbocycles. The Morgan fingerprint density at radius 1 is 1.08 bits per heavy atom. The molecule has 0 heterocycles. The fourth-order valence-corrected chi connectivity index (χ4v) is 3.29. The number of amides is 1. The lowest BCUT2D eigenvalue weighted by Crippen LogP contribution is -2.33. The monoisotopic (exact) mass is 454 g/mol. The lowest BCUT2D eigenvalue weighted by molar-refractivity contribution is -0.121. The van der Waals surface area contributed by atoms with Gasteiger partial charge in [0.2, 0.25) is 10.0 Å². The van der Waals surface area contributed by atoms with Gasteiger partial charge in [-0.25, -0.2) is 17.5 Å². The third-order valence-corrected chi connectivity index (χ3v) is 5.17. The molecule has 0 atom stereocenters. The maximum Gasteiger partial charge on any atom is 0.402 e. The van der Waals surface area contributed by atoms with Gasteiger partial charge >= 0.3 is 6.18 Å². The first-order chi connectivity index (χ1) is 12.0. The molecule has 2 N–H and O–H groups in total. The van der Waals surface area contributed by atoms with Gasteiger partial charge in [0.05, 0.1) is 10.5 Å². The minimum Gasteiger partial charge on any atom is -0.322 e. The lowest BCUT2D eigenvalue weighted by atomic mass is 10.2. The molecule has 0 bridgehead atoms. The largest absolute Gasteiger partial charge is 0.402 e. The van der Waals surface area contributed by atoms with Crippen molar-refractivity contribution in [2.24, 2.45) is 0 Å². The van der Waals surface area contributed by atoms with Crippen molar-refractivity contribution in [1.29, 1.82) is 0 Å². The van der Waals surface area contributed by atoms with Crippen molar-refractivity contribution in [1.82, 2.24) is 4.72 Å². The molecule has 2 rings (SSSR count). The normalized spacial score (nSPS) is 12.0. The molecule has 0 aliphatic rings. The van der Waals surface area contributed by atoms with E-state index < -0.39 is 39.4 Å². The molecule has 2 aromatic carbocycles. The zero-order chi connectivity index (χ0) is 19.5. The second-order valence-corrected chi connectivity index (χ2v) is 7.66. The summed E-state index contributed by atoms with van der Waals surface area (Å²) in [4.78, 5) is 11.7. The molecule has 0 radical (unpaired) electrons. The Balaban J connectivity index is 2.12. The van der Waals surface area contributed by atoms with E-state index in [9.17, 15) is 30.8 Å². The summed E-state index contributed by atoms with van der Waals surface area (Å²) >= 11 is 3.11. The van der Waals surface area contributed by atoms with Crippen LogP contribution in [-0.4, -0.2) is 27.0 Å². The van der Waals surface area contributed by atoms with Gasteiger partial charge in [-0.05, 0) is 58.4 Å². The summed E-state index contributed by atoms with van der Waals surface area (Å²) in [6, 6.07) is 8.00. The van der Waals surface area contributed by atoms with E-state index in [1.807, 2.05) is 0 Å². The van der Waals surface area contributed by atoms with Gasteiger partial charge in [0.25, 0.3) is 5.91 Å². The van der Waals surface area contributed by atoms with Crippen LogP contribution in [-0.2, 0) is 10.0 Å². The number of halogens is 5. The smallest absolute Gasteiger partial charge is 0.322 e. The third kappa shape index (κ3) is 5.51. The summed E-state index contributed by atoms with van der Waals surface area (Å²) < 4.78 is 74.9. The molecule has 140 valence electrons. The Labute approximate surface area is 154 Å². The van der Waals surface area contributed by atoms with Crippen LogP contribution in [0.15, 0.2) is 51.8 Å². The SMILES string of the molecule is O=C(Nc1ccc(S(=O)(=O)NCC(F)(F)F)cc1)c1cc(F)ccc1Br. The van der Waals surface area contributed by atoms with Crippen LogP contribution >= 0.6 is 15.9 Å². The maximum atomic E-state index is 13.2. The van der Waals surface area contributed by atoms with Crippen LogP contribution in [0.4, 0.5) is 23.2 Å². The number of carbonyl (C=O) groups is 1. The van der Waals surface area contributed by atoms with Crippen LogP contribution in [0.3, 0.4) is 0 Å².